The van der Waals surface area contributed by atoms with Crippen LogP contribution in [-0.4, -0.2) is 59.4 Å². The third-order valence-electron chi connectivity index (χ3n) is 5.32. The van der Waals surface area contributed by atoms with Gasteiger partial charge in [0.25, 0.3) is 5.91 Å². The number of ether oxygens (including phenoxy) is 2. The van der Waals surface area contributed by atoms with Crippen molar-refractivity contribution in [1.29, 1.82) is 0 Å². The number of imide groups is 1. The number of carbonyl (C=O) groups is 4. The van der Waals surface area contributed by atoms with Crippen LogP contribution in [-0.2, 0) is 30.5 Å². The highest BCUT2D eigenvalue weighted by Crippen LogP contribution is 2.36. The van der Waals surface area contributed by atoms with Crippen LogP contribution in [0.3, 0.4) is 0 Å². The molecular weight excluding hydrogens is 376 g/mol. The largest absolute Gasteiger partial charge is 0.466 e. The molecule has 0 bridgehead atoms. The van der Waals surface area contributed by atoms with E-state index in [0.717, 1.165) is 10.5 Å². The highest BCUT2D eigenvalue weighted by molar-refractivity contribution is 6.09. The van der Waals surface area contributed by atoms with Crippen molar-refractivity contribution in [1.82, 2.24) is 9.80 Å². The molecule has 8 nitrogen and oxygen atoms in total. The summed E-state index contributed by atoms with van der Waals surface area (Å²) in [6.07, 6.45) is -0.222. The minimum absolute atomic E-state index is 0.0800. The molecule has 2 fully saturated rings. The second kappa shape index (κ2) is 8.23. The van der Waals surface area contributed by atoms with Crippen LogP contribution in [0.1, 0.15) is 32.8 Å². The van der Waals surface area contributed by atoms with Gasteiger partial charge in [0.2, 0.25) is 5.91 Å². The van der Waals surface area contributed by atoms with E-state index in [-0.39, 0.29) is 32.2 Å². The van der Waals surface area contributed by atoms with Crippen LogP contribution in [0.2, 0.25) is 0 Å². The number of fused-ring (bicyclic) bond motifs is 1. The molecule has 156 valence electrons. The van der Waals surface area contributed by atoms with Gasteiger partial charge in [0.15, 0.2) is 0 Å². The van der Waals surface area contributed by atoms with Crippen molar-refractivity contribution in [2.24, 2.45) is 11.3 Å². The number of hydrogen-bond donors (Lipinski definition) is 0. The number of rotatable bonds is 6. The topological polar surface area (TPSA) is 93.2 Å². The molecule has 0 aliphatic carbocycles. The predicted molar refractivity (Wildman–Crippen MR) is 102 cm³/mol. The van der Waals surface area contributed by atoms with Crippen molar-refractivity contribution >= 4 is 23.9 Å². The Hall–Kier alpha value is -2.90. The fraction of sp³-hybridized carbons (Fsp3) is 0.524. The first-order valence-corrected chi connectivity index (χ1v) is 9.76. The summed E-state index contributed by atoms with van der Waals surface area (Å²) in [4.78, 5) is 52.8. The molecule has 0 N–H and O–H groups in total. The van der Waals surface area contributed by atoms with Crippen molar-refractivity contribution in [3.8, 4) is 0 Å². The molecule has 1 aromatic carbocycles. The molecule has 2 unspecified atom stereocenters. The van der Waals surface area contributed by atoms with E-state index >= 15 is 0 Å². The number of likely N-dealkylation sites (tertiary alicyclic amines) is 2. The second-order valence-electron chi connectivity index (χ2n) is 7.94. The average Bonchev–Trinajstić information content (AvgIpc) is 3.23. The maximum Gasteiger partial charge on any atom is 0.410 e. The Morgan fingerprint density at radius 3 is 2.45 bits per heavy atom. The Morgan fingerprint density at radius 2 is 1.79 bits per heavy atom. The molecule has 2 atom stereocenters. The lowest BCUT2D eigenvalue weighted by Crippen LogP contribution is -2.47. The smallest absolute Gasteiger partial charge is 0.410 e. The van der Waals surface area contributed by atoms with E-state index in [9.17, 15) is 19.2 Å². The van der Waals surface area contributed by atoms with E-state index < -0.39 is 35.3 Å². The van der Waals surface area contributed by atoms with Crippen LogP contribution >= 0.6 is 0 Å². The molecule has 2 heterocycles. The molecule has 0 aromatic heterocycles. The zero-order valence-corrected chi connectivity index (χ0v) is 16.9. The second-order valence-corrected chi connectivity index (χ2v) is 7.94. The maximum atomic E-state index is 12.9. The molecule has 0 saturated carbocycles. The molecule has 0 radical (unpaired) electrons. The average molecular weight is 402 g/mol. The van der Waals surface area contributed by atoms with Gasteiger partial charge in [-0.3, -0.25) is 24.2 Å². The molecular formula is C21H26N2O6. The summed E-state index contributed by atoms with van der Waals surface area (Å²) in [5.41, 5.74) is -0.193. The van der Waals surface area contributed by atoms with E-state index in [1.807, 2.05) is 30.3 Å². The maximum absolute atomic E-state index is 12.9. The van der Waals surface area contributed by atoms with Crippen LogP contribution in [0.5, 0.6) is 0 Å². The molecule has 2 saturated heterocycles. The Bertz CT molecular complexity index is 807. The predicted octanol–water partition coefficient (Wildman–Crippen LogP) is 1.97. The van der Waals surface area contributed by atoms with Gasteiger partial charge in [-0.05, 0) is 32.8 Å². The number of nitrogens with zero attached hydrogens (tertiary/aromatic N) is 2. The van der Waals surface area contributed by atoms with E-state index in [0.29, 0.717) is 6.42 Å². The van der Waals surface area contributed by atoms with Gasteiger partial charge in [-0.25, -0.2) is 4.79 Å². The van der Waals surface area contributed by atoms with Gasteiger partial charge in [-0.2, -0.15) is 0 Å². The van der Waals surface area contributed by atoms with E-state index in [4.69, 9.17) is 9.47 Å². The van der Waals surface area contributed by atoms with E-state index in [1.54, 1.807) is 20.8 Å². The first-order valence-electron chi connectivity index (χ1n) is 9.76. The molecule has 1 aromatic rings. The lowest BCUT2D eigenvalue weighted by atomic mass is 9.93. The first-order chi connectivity index (χ1) is 13.8. The molecule has 29 heavy (non-hydrogen) atoms. The van der Waals surface area contributed by atoms with Crippen LogP contribution < -0.4 is 0 Å². The van der Waals surface area contributed by atoms with Crippen LogP contribution in [0.15, 0.2) is 30.3 Å². The number of hydrogen-bond acceptors (Lipinski definition) is 6. The summed E-state index contributed by atoms with van der Waals surface area (Å²) in [6, 6.07) is 8.36. The summed E-state index contributed by atoms with van der Waals surface area (Å²) in [6.45, 7) is 5.48. The number of amides is 3. The summed E-state index contributed by atoms with van der Waals surface area (Å²) < 4.78 is 10.4. The molecule has 3 amide bonds. The van der Waals surface area contributed by atoms with Gasteiger partial charge in [-0.1, -0.05) is 30.3 Å². The fourth-order valence-electron chi connectivity index (χ4n) is 3.77. The van der Waals surface area contributed by atoms with Crippen LogP contribution in [0.4, 0.5) is 4.79 Å². The number of carbonyl (C=O) groups excluding carboxylic acids is 4. The number of benzene rings is 1. The van der Waals surface area contributed by atoms with Crippen molar-refractivity contribution in [2.45, 2.75) is 39.8 Å². The third kappa shape index (κ3) is 4.11. The van der Waals surface area contributed by atoms with Crippen molar-refractivity contribution in [2.75, 3.05) is 19.7 Å². The van der Waals surface area contributed by atoms with Gasteiger partial charge < -0.3 is 9.47 Å². The summed E-state index contributed by atoms with van der Waals surface area (Å²) in [7, 11) is 0. The first kappa shape index (κ1) is 20.8. The van der Waals surface area contributed by atoms with Crippen LogP contribution in [0, 0.1) is 11.3 Å². The monoisotopic (exact) mass is 402 g/mol. The van der Waals surface area contributed by atoms with Crippen molar-refractivity contribution in [3.05, 3.63) is 35.9 Å². The van der Waals surface area contributed by atoms with Gasteiger partial charge in [-0.15, -0.1) is 0 Å². The van der Waals surface area contributed by atoms with Gasteiger partial charge in [0, 0.05) is 13.1 Å². The molecule has 0 spiro atoms. The Balaban J connectivity index is 1.67. The third-order valence-corrected chi connectivity index (χ3v) is 5.32. The summed E-state index contributed by atoms with van der Waals surface area (Å²) in [5, 5.41) is 0. The van der Waals surface area contributed by atoms with Crippen molar-refractivity contribution < 1.29 is 28.7 Å². The zero-order chi connectivity index (χ0) is 21.2. The standard InChI is InChI=1S/C21H26N2O6/c1-4-28-19(26)21(2,3)13-23-17(24)15-10-11-22(16(15)18(23)25)20(27)29-12-14-8-6-5-7-9-14/h5-9,15-16H,4,10-13H2,1-3H3. The van der Waals surface area contributed by atoms with Gasteiger partial charge in [0.1, 0.15) is 12.6 Å². The lowest BCUT2D eigenvalue weighted by Gasteiger charge is -2.28. The van der Waals surface area contributed by atoms with Crippen LogP contribution in [0.25, 0.3) is 0 Å². The Labute approximate surface area is 169 Å². The quantitative estimate of drug-likeness (QED) is 0.534. The Kier molecular flexibility index (Phi) is 5.91. The van der Waals surface area contributed by atoms with Gasteiger partial charge in [0.05, 0.1) is 17.9 Å². The summed E-state index contributed by atoms with van der Waals surface area (Å²) in [5.74, 6) is -1.89. The minimum atomic E-state index is -1.03. The Morgan fingerprint density at radius 1 is 1.10 bits per heavy atom. The minimum Gasteiger partial charge on any atom is -0.466 e. The summed E-state index contributed by atoms with van der Waals surface area (Å²) >= 11 is 0. The zero-order valence-electron chi connectivity index (χ0n) is 16.9. The van der Waals surface area contributed by atoms with Gasteiger partial charge >= 0.3 is 12.1 Å². The molecule has 8 heteroatoms. The highest BCUT2D eigenvalue weighted by atomic mass is 16.6. The SMILES string of the molecule is CCOC(=O)C(C)(C)CN1C(=O)C2CCN(C(=O)OCc3ccccc3)C2C1=O. The highest BCUT2D eigenvalue weighted by Gasteiger charge is 2.56. The molecule has 2 aliphatic heterocycles. The molecule has 2 aliphatic rings. The normalized spacial score (nSPS) is 21.3. The van der Waals surface area contributed by atoms with E-state index in [2.05, 4.69) is 0 Å². The fourth-order valence-corrected chi connectivity index (χ4v) is 3.77. The number of esters is 1. The van der Waals surface area contributed by atoms with E-state index in [1.165, 1.54) is 4.90 Å². The molecule has 3 rings (SSSR count). The lowest BCUT2D eigenvalue weighted by molar-refractivity contribution is -0.156. The van der Waals surface area contributed by atoms with Crippen molar-refractivity contribution in [3.63, 3.8) is 0 Å².